The first-order valence-corrected chi connectivity index (χ1v) is 10.4. The molecule has 3 aromatic rings. The van der Waals surface area contributed by atoms with Gasteiger partial charge in [-0.25, -0.2) is 9.18 Å². The number of carbonyl (C=O) groups excluding carboxylic acids is 1. The van der Waals surface area contributed by atoms with Gasteiger partial charge in [-0.05, 0) is 49.4 Å². The van der Waals surface area contributed by atoms with E-state index < -0.39 is 17.7 Å². The molecule has 1 aliphatic rings. The number of nitrogens with zero attached hydrogens (tertiary/aromatic N) is 1. The second-order valence-corrected chi connectivity index (χ2v) is 7.51. The fourth-order valence-electron chi connectivity index (χ4n) is 3.60. The topological polar surface area (TPSA) is 94.6 Å². The molecule has 0 amide bonds. The van der Waals surface area contributed by atoms with E-state index in [4.69, 9.17) is 31.5 Å². The van der Waals surface area contributed by atoms with Gasteiger partial charge in [0.2, 0.25) is 5.88 Å². The van der Waals surface area contributed by atoms with Crippen molar-refractivity contribution < 1.29 is 23.4 Å². The van der Waals surface area contributed by atoms with Crippen LogP contribution >= 0.6 is 11.6 Å². The lowest BCUT2D eigenvalue weighted by atomic mass is 9.83. The van der Waals surface area contributed by atoms with Crippen molar-refractivity contribution in [2.75, 3.05) is 6.61 Å². The molecule has 4 rings (SSSR count). The molecule has 0 saturated heterocycles. The molecule has 1 heterocycles. The van der Waals surface area contributed by atoms with E-state index in [1.165, 1.54) is 30.3 Å². The lowest BCUT2D eigenvalue weighted by Crippen LogP contribution is -2.22. The summed E-state index contributed by atoms with van der Waals surface area (Å²) in [5.41, 5.74) is 6.91. The van der Waals surface area contributed by atoms with Gasteiger partial charge in [0.15, 0.2) is 0 Å². The van der Waals surface area contributed by atoms with Crippen LogP contribution in [0.25, 0.3) is 0 Å². The highest BCUT2D eigenvalue weighted by atomic mass is 35.5. The second-order valence-electron chi connectivity index (χ2n) is 7.11. The summed E-state index contributed by atoms with van der Waals surface area (Å²) in [5, 5.41) is 9.79. The Balaban J connectivity index is 1.67. The molecule has 8 heteroatoms. The number of nitrogens with two attached hydrogens (primary N) is 1. The number of carbonyl (C=O) groups is 1. The number of ether oxygens (including phenoxy) is 3. The highest BCUT2D eigenvalue weighted by molar-refractivity contribution is 6.31. The van der Waals surface area contributed by atoms with E-state index in [9.17, 15) is 14.4 Å². The molecule has 1 aliphatic heterocycles. The van der Waals surface area contributed by atoms with Crippen molar-refractivity contribution in [3.05, 3.63) is 99.7 Å². The average molecular weight is 465 g/mol. The zero-order chi connectivity index (χ0) is 23.5. The molecular weight excluding hydrogens is 447 g/mol. The summed E-state index contributed by atoms with van der Waals surface area (Å²) in [4.78, 5) is 12.5. The highest BCUT2D eigenvalue weighted by Crippen LogP contribution is 2.46. The molecule has 3 aromatic carbocycles. The van der Waals surface area contributed by atoms with Crippen molar-refractivity contribution in [3.8, 4) is 23.3 Å². The third-order valence-electron chi connectivity index (χ3n) is 5.09. The maximum absolute atomic E-state index is 14.7. The van der Waals surface area contributed by atoms with E-state index >= 15 is 0 Å². The normalized spacial score (nSPS) is 14.7. The molecular formula is C25H18ClFN2O4. The van der Waals surface area contributed by atoms with Crippen LogP contribution in [0, 0.1) is 17.1 Å². The number of fused-ring (bicyclic) bond motifs is 1. The number of rotatable bonds is 5. The molecule has 0 radical (unpaired) electrons. The van der Waals surface area contributed by atoms with Crippen LogP contribution in [0.2, 0.25) is 5.02 Å². The van der Waals surface area contributed by atoms with Crippen LogP contribution < -0.4 is 19.9 Å². The second kappa shape index (κ2) is 9.23. The average Bonchev–Trinajstić information content (AvgIpc) is 2.79. The molecule has 33 heavy (non-hydrogen) atoms. The minimum atomic E-state index is -0.872. The van der Waals surface area contributed by atoms with Gasteiger partial charge in [0.05, 0.1) is 18.1 Å². The van der Waals surface area contributed by atoms with Crippen molar-refractivity contribution >= 4 is 17.6 Å². The molecule has 0 aromatic heterocycles. The first-order valence-electron chi connectivity index (χ1n) is 10.0. The number of hydrogen-bond donors (Lipinski definition) is 1. The molecule has 2 N–H and O–H groups in total. The van der Waals surface area contributed by atoms with E-state index in [-0.39, 0.29) is 33.5 Å². The maximum atomic E-state index is 14.7. The van der Waals surface area contributed by atoms with Gasteiger partial charge in [-0.3, -0.25) is 0 Å². The van der Waals surface area contributed by atoms with Gasteiger partial charge in [-0.15, -0.1) is 0 Å². The Morgan fingerprint density at radius 3 is 2.58 bits per heavy atom. The molecule has 0 spiro atoms. The van der Waals surface area contributed by atoms with E-state index in [1.807, 2.05) is 13.0 Å². The molecule has 1 atom stereocenters. The van der Waals surface area contributed by atoms with Crippen LogP contribution in [0.4, 0.5) is 4.39 Å². The van der Waals surface area contributed by atoms with Crippen molar-refractivity contribution in [1.82, 2.24) is 0 Å². The van der Waals surface area contributed by atoms with Gasteiger partial charge in [0.1, 0.15) is 34.7 Å². The molecule has 6 nitrogen and oxygen atoms in total. The number of halogens is 2. The van der Waals surface area contributed by atoms with Crippen LogP contribution in [-0.2, 0) is 0 Å². The molecule has 0 bridgehead atoms. The van der Waals surface area contributed by atoms with E-state index in [1.54, 1.807) is 30.3 Å². The Labute approximate surface area is 194 Å². The predicted octanol–water partition coefficient (Wildman–Crippen LogP) is 5.32. The Hall–Kier alpha value is -4.02. The minimum absolute atomic E-state index is 0.0358. The van der Waals surface area contributed by atoms with E-state index in [0.717, 1.165) is 0 Å². The Kier molecular flexibility index (Phi) is 6.20. The summed E-state index contributed by atoms with van der Waals surface area (Å²) in [5.74, 6) is -1.14. The maximum Gasteiger partial charge on any atom is 0.343 e. The monoisotopic (exact) mass is 464 g/mol. The Bertz CT molecular complexity index is 1280. The molecule has 0 aliphatic carbocycles. The van der Waals surface area contributed by atoms with Gasteiger partial charge in [0, 0.05) is 22.2 Å². The fourth-order valence-corrected chi connectivity index (χ4v) is 3.87. The summed E-state index contributed by atoms with van der Waals surface area (Å²) in [6, 6.07) is 17.4. The van der Waals surface area contributed by atoms with Gasteiger partial charge in [-0.2, -0.15) is 5.26 Å². The lowest BCUT2D eigenvalue weighted by molar-refractivity contribution is 0.0734. The zero-order valence-corrected chi connectivity index (χ0v) is 18.2. The minimum Gasteiger partial charge on any atom is -0.494 e. The summed E-state index contributed by atoms with van der Waals surface area (Å²) in [6.07, 6.45) is 0. The first kappa shape index (κ1) is 22.2. The third-order valence-corrected chi connectivity index (χ3v) is 5.42. The number of nitriles is 1. The largest absolute Gasteiger partial charge is 0.494 e. The first-order chi connectivity index (χ1) is 15.9. The van der Waals surface area contributed by atoms with Crippen LogP contribution in [0.5, 0.6) is 17.2 Å². The Morgan fingerprint density at radius 2 is 1.91 bits per heavy atom. The number of benzene rings is 3. The number of allylic oxidation sites excluding steroid dienone is 1. The highest BCUT2D eigenvalue weighted by Gasteiger charge is 2.34. The van der Waals surface area contributed by atoms with Gasteiger partial charge in [-0.1, -0.05) is 23.7 Å². The molecule has 0 unspecified atom stereocenters. The molecule has 0 saturated carbocycles. The van der Waals surface area contributed by atoms with Crippen LogP contribution in [-0.4, -0.2) is 12.6 Å². The van der Waals surface area contributed by atoms with Crippen LogP contribution in [0.3, 0.4) is 0 Å². The van der Waals surface area contributed by atoms with Crippen molar-refractivity contribution in [1.29, 1.82) is 5.26 Å². The van der Waals surface area contributed by atoms with E-state index in [2.05, 4.69) is 0 Å². The number of esters is 1. The third kappa shape index (κ3) is 4.34. The summed E-state index contributed by atoms with van der Waals surface area (Å²) in [7, 11) is 0. The predicted molar refractivity (Wildman–Crippen MR) is 120 cm³/mol. The van der Waals surface area contributed by atoms with E-state index in [0.29, 0.717) is 23.5 Å². The molecule has 0 fully saturated rings. The van der Waals surface area contributed by atoms with Gasteiger partial charge in [0.25, 0.3) is 0 Å². The van der Waals surface area contributed by atoms with Gasteiger partial charge < -0.3 is 19.9 Å². The standard InChI is InChI=1S/C25H18ClFN2O4/c1-2-31-15-8-6-14(7-9-15)25(30)32-16-10-11-17-21(12-16)33-24(29)18(13-28)22(17)23-19(26)4-3-5-20(23)27/h3-12,22H,2,29H2,1H3/t22-/m0/s1. The van der Waals surface area contributed by atoms with Crippen LogP contribution in [0.15, 0.2) is 72.1 Å². The Morgan fingerprint density at radius 1 is 1.18 bits per heavy atom. The summed E-state index contributed by atoms with van der Waals surface area (Å²) in [6.45, 7) is 2.38. The summed E-state index contributed by atoms with van der Waals surface area (Å²) >= 11 is 6.27. The van der Waals surface area contributed by atoms with Crippen LogP contribution in [0.1, 0.15) is 34.3 Å². The fraction of sp³-hybridized carbons (Fsp3) is 0.120. The quantitative estimate of drug-likeness (QED) is 0.406. The lowest BCUT2D eigenvalue weighted by Gasteiger charge is -2.27. The number of hydrogen-bond acceptors (Lipinski definition) is 6. The zero-order valence-electron chi connectivity index (χ0n) is 17.5. The van der Waals surface area contributed by atoms with Crippen molar-refractivity contribution in [3.63, 3.8) is 0 Å². The summed E-state index contributed by atoms with van der Waals surface area (Å²) < 4.78 is 31.1. The molecule has 166 valence electrons. The smallest absolute Gasteiger partial charge is 0.343 e. The van der Waals surface area contributed by atoms with Gasteiger partial charge >= 0.3 is 5.97 Å². The SMILES string of the molecule is CCOc1ccc(C(=O)Oc2ccc3c(c2)OC(N)=C(C#N)[C@H]3c2c(F)cccc2Cl)cc1. The van der Waals surface area contributed by atoms with Crippen molar-refractivity contribution in [2.45, 2.75) is 12.8 Å². The van der Waals surface area contributed by atoms with Crippen molar-refractivity contribution in [2.24, 2.45) is 5.73 Å².